The van der Waals surface area contributed by atoms with E-state index in [-0.39, 0.29) is 10.8 Å². The molecule has 0 atom stereocenters. The molecule has 0 aliphatic rings. The van der Waals surface area contributed by atoms with E-state index in [0.29, 0.717) is 0 Å². The standard InChI is InChI=1S/C11H21NO/c1-8(2)11(6,7)9(12-13)10(3,4)5/h13H,1H2,2-7H3/b12-9+. The monoisotopic (exact) mass is 183 g/mol. The predicted molar refractivity (Wildman–Crippen MR) is 57.3 cm³/mol. The fourth-order valence-electron chi connectivity index (χ4n) is 1.41. The summed E-state index contributed by atoms with van der Waals surface area (Å²) >= 11 is 0. The molecule has 0 saturated heterocycles. The molecule has 0 aliphatic heterocycles. The van der Waals surface area contributed by atoms with Gasteiger partial charge >= 0.3 is 0 Å². The average molecular weight is 183 g/mol. The lowest BCUT2D eigenvalue weighted by Crippen LogP contribution is -2.35. The van der Waals surface area contributed by atoms with Crippen LogP contribution in [0, 0.1) is 10.8 Å². The summed E-state index contributed by atoms with van der Waals surface area (Å²) in [7, 11) is 0. The van der Waals surface area contributed by atoms with Gasteiger partial charge in [0.25, 0.3) is 0 Å². The highest BCUT2D eigenvalue weighted by Gasteiger charge is 2.34. The Morgan fingerprint density at radius 2 is 1.54 bits per heavy atom. The quantitative estimate of drug-likeness (QED) is 0.302. The lowest BCUT2D eigenvalue weighted by atomic mass is 9.71. The number of allylic oxidation sites excluding steroid dienone is 1. The van der Waals surface area contributed by atoms with Crippen molar-refractivity contribution < 1.29 is 5.21 Å². The molecule has 0 bridgehead atoms. The predicted octanol–water partition coefficient (Wildman–Crippen LogP) is 3.47. The molecule has 0 aliphatic carbocycles. The molecule has 13 heavy (non-hydrogen) atoms. The maximum Gasteiger partial charge on any atom is 0.0720 e. The molecule has 2 nitrogen and oxygen atoms in total. The van der Waals surface area contributed by atoms with E-state index in [4.69, 9.17) is 5.21 Å². The number of nitrogens with zero attached hydrogens (tertiary/aromatic N) is 1. The van der Waals surface area contributed by atoms with E-state index in [2.05, 4.69) is 11.7 Å². The van der Waals surface area contributed by atoms with Crippen LogP contribution in [0.25, 0.3) is 0 Å². The molecule has 0 aromatic carbocycles. The number of oxime groups is 1. The van der Waals surface area contributed by atoms with E-state index in [0.717, 1.165) is 11.3 Å². The largest absolute Gasteiger partial charge is 0.411 e. The molecule has 0 aromatic heterocycles. The maximum absolute atomic E-state index is 8.99. The van der Waals surface area contributed by atoms with Crippen molar-refractivity contribution in [3.8, 4) is 0 Å². The number of rotatable bonds is 2. The molecule has 0 unspecified atom stereocenters. The van der Waals surface area contributed by atoms with Crippen molar-refractivity contribution in [2.45, 2.75) is 41.5 Å². The van der Waals surface area contributed by atoms with Crippen LogP contribution in [0.3, 0.4) is 0 Å². The second-order valence-corrected chi connectivity index (χ2v) is 5.10. The minimum atomic E-state index is -0.243. The summed E-state index contributed by atoms with van der Waals surface area (Å²) in [4.78, 5) is 0. The number of hydrogen-bond donors (Lipinski definition) is 1. The van der Waals surface area contributed by atoms with Gasteiger partial charge in [-0.3, -0.25) is 0 Å². The van der Waals surface area contributed by atoms with Crippen molar-refractivity contribution in [3.05, 3.63) is 12.2 Å². The smallest absolute Gasteiger partial charge is 0.0720 e. The third-order valence-corrected chi connectivity index (χ3v) is 2.47. The third-order valence-electron chi connectivity index (χ3n) is 2.47. The molecule has 0 rings (SSSR count). The summed E-state index contributed by atoms with van der Waals surface area (Å²) in [5, 5.41) is 12.4. The lowest BCUT2D eigenvalue weighted by Gasteiger charge is -2.34. The van der Waals surface area contributed by atoms with Crippen LogP contribution in [0.15, 0.2) is 17.3 Å². The van der Waals surface area contributed by atoms with Gasteiger partial charge in [0.05, 0.1) is 5.71 Å². The second-order valence-electron chi connectivity index (χ2n) is 5.10. The Bertz CT molecular complexity index is 231. The Labute approximate surface area is 81.3 Å². The van der Waals surface area contributed by atoms with Gasteiger partial charge in [-0.15, -0.1) is 0 Å². The van der Waals surface area contributed by atoms with Crippen LogP contribution >= 0.6 is 0 Å². The lowest BCUT2D eigenvalue weighted by molar-refractivity contribution is 0.299. The first-order chi connectivity index (χ1) is 5.64. The van der Waals surface area contributed by atoms with Crippen LogP contribution < -0.4 is 0 Å². The van der Waals surface area contributed by atoms with Gasteiger partial charge in [0.15, 0.2) is 0 Å². The van der Waals surface area contributed by atoms with Crippen molar-refractivity contribution in [2.24, 2.45) is 16.0 Å². The molecule has 0 spiro atoms. The van der Waals surface area contributed by atoms with Crippen molar-refractivity contribution in [1.82, 2.24) is 0 Å². The van der Waals surface area contributed by atoms with Crippen LogP contribution in [0.5, 0.6) is 0 Å². The molecule has 76 valence electrons. The van der Waals surface area contributed by atoms with Gasteiger partial charge in [0.2, 0.25) is 0 Å². The molecule has 0 fully saturated rings. The van der Waals surface area contributed by atoms with Gasteiger partial charge in [-0.05, 0) is 6.92 Å². The molecular weight excluding hydrogens is 162 g/mol. The zero-order valence-electron chi connectivity index (χ0n) is 9.60. The van der Waals surface area contributed by atoms with Gasteiger partial charge in [-0.1, -0.05) is 51.9 Å². The first-order valence-corrected chi connectivity index (χ1v) is 4.53. The van der Waals surface area contributed by atoms with Crippen molar-refractivity contribution in [1.29, 1.82) is 0 Å². The van der Waals surface area contributed by atoms with E-state index in [1.54, 1.807) is 0 Å². The maximum atomic E-state index is 8.99. The summed E-state index contributed by atoms with van der Waals surface area (Å²) in [5.41, 5.74) is 1.41. The molecule has 1 N–H and O–H groups in total. The SMILES string of the molecule is C=C(C)C(C)(C)/C(=N/O)C(C)(C)C. The fourth-order valence-corrected chi connectivity index (χ4v) is 1.41. The highest BCUT2D eigenvalue weighted by molar-refractivity contribution is 5.95. The Hall–Kier alpha value is -0.790. The van der Waals surface area contributed by atoms with Crippen LogP contribution in [0.4, 0.5) is 0 Å². The van der Waals surface area contributed by atoms with E-state index < -0.39 is 0 Å². The molecule has 0 radical (unpaired) electrons. The van der Waals surface area contributed by atoms with Crippen LogP contribution in [0.2, 0.25) is 0 Å². The minimum absolute atomic E-state index is 0.128. The molecule has 0 heterocycles. The minimum Gasteiger partial charge on any atom is -0.411 e. The summed E-state index contributed by atoms with van der Waals surface area (Å²) in [6.07, 6.45) is 0. The van der Waals surface area contributed by atoms with Gasteiger partial charge in [-0.2, -0.15) is 0 Å². The van der Waals surface area contributed by atoms with Gasteiger partial charge in [-0.25, -0.2) is 0 Å². The highest BCUT2D eigenvalue weighted by atomic mass is 16.4. The zero-order chi connectivity index (χ0) is 10.9. The Morgan fingerprint density at radius 1 is 1.15 bits per heavy atom. The Kier molecular flexibility index (Phi) is 3.31. The van der Waals surface area contributed by atoms with Gasteiger partial charge < -0.3 is 5.21 Å². The van der Waals surface area contributed by atoms with Crippen LogP contribution in [0.1, 0.15) is 41.5 Å². The van der Waals surface area contributed by atoms with Gasteiger partial charge in [0.1, 0.15) is 0 Å². The normalized spacial score (nSPS) is 14.5. The van der Waals surface area contributed by atoms with E-state index >= 15 is 0 Å². The number of hydrogen-bond acceptors (Lipinski definition) is 2. The van der Waals surface area contributed by atoms with Crippen molar-refractivity contribution in [2.75, 3.05) is 0 Å². The summed E-state index contributed by atoms with van der Waals surface area (Å²) < 4.78 is 0. The third kappa shape index (κ3) is 2.58. The molecular formula is C11H21NO. The van der Waals surface area contributed by atoms with E-state index in [1.807, 2.05) is 41.5 Å². The first-order valence-electron chi connectivity index (χ1n) is 4.53. The van der Waals surface area contributed by atoms with Gasteiger partial charge in [0, 0.05) is 10.8 Å². The molecule has 2 heteroatoms. The highest BCUT2D eigenvalue weighted by Crippen LogP contribution is 2.35. The fraction of sp³-hybridized carbons (Fsp3) is 0.727. The van der Waals surface area contributed by atoms with Crippen LogP contribution in [-0.4, -0.2) is 10.9 Å². The van der Waals surface area contributed by atoms with Crippen molar-refractivity contribution in [3.63, 3.8) is 0 Å². The van der Waals surface area contributed by atoms with E-state index in [1.165, 1.54) is 0 Å². The summed E-state index contributed by atoms with van der Waals surface area (Å²) in [6.45, 7) is 16.0. The molecule has 0 saturated carbocycles. The average Bonchev–Trinajstić information content (AvgIpc) is 1.83. The van der Waals surface area contributed by atoms with Crippen LogP contribution in [-0.2, 0) is 0 Å². The zero-order valence-corrected chi connectivity index (χ0v) is 9.60. The second kappa shape index (κ2) is 3.52. The topological polar surface area (TPSA) is 32.6 Å². The van der Waals surface area contributed by atoms with Crippen molar-refractivity contribution >= 4 is 5.71 Å². The molecule has 0 aromatic rings. The van der Waals surface area contributed by atoms with E-state index in [9.17, 15) is 0 Å². The summed E-state index contributed by atoms with van der Waals surface area (Å²) in [5.74, 6) is 0. The molecule has 0 amide bonds. The summed E-state index contributed by atoms with van der Waals surface area (Å²) in [6, 6.07) is 0. The Balaban J connectivity index is 5.15. The Morgan fingerprint density at radius 3 is 1.62 bits per heavy atom. The first kappa shape index (κ1) is 12.2.